The third-order valence-electron chi connectivity index (χ3n) is 5.94. The zero-order valence-corrected chi connectivity index (χ0v) is 20.3. The number of carboxylic acids is 1. The molecule has 4 N–H and O–H groups in total. The summed E-state index contributed by atoms with van der Waals surface area (Å²) < 4.78 is 0. The van der Waals surface area contributed by atoms with Crippen molar-refractivity contribution >= 4 is 20.9 Å². The van der Waals surface area contributed by atoms with Crippen molar-refractivity contribution in [1.29, 1.82) is 0 Å². The SMILES string of the molecule is O=C(O)CCCCCCCCCCCCCCCCC(=O)N1CCCC1CO.OPO. The van der Waals surface area contributed by atoms with Gasteiger partial charge in [-0.25, -0.2) is 0 Å². The number of unbranched alkanes of at least 4 members (excludes halogenated alkanes) is 13. The molecule has 1 amide bonds. The average molecular weight is 464 g/mol. The number of nitrogens with zero attached hydrogens (tertiary/aromatic N) is 1. The van der Waals surface area contributed by atoms with E-state index in [0.717, 1.165) is 45.1 Å². The predicted molar refractivity (Wildman–Crippen MR) is 126 cm³/mol. The van der Waals surface area contributed by atoms with Crippen LogP contribution in [0.4, 0.5) is 0 Å². The van der Waals surface area contributed by atoms with Crippen molar-refractivity contribution in [1.82, 2.24) is 4.90 Å². The Balaban J connectivity index is 0.00000282. The van der Waals surface area contributed by atoms with Crippen molar-refractivity contribution in [2.24, 2.45) is 0 Å². The monoisotopic (exact) mass is 463 g/mol. The lowest BCUT2D eigenvalue weighted by atomic mass is 10.0. The third-order valence-corrected chi connectivity index (χ3v) is 5.94. The van der Waals surface area contributed by atoms with E-state index < -0.39 is 15.0 Å². The molecular weight excluding hydrogens is 417 g/mol. The Kier molecular flexibility index (Phi) is 21.9. The van der Waals surface area contributed by atoms with E-state index in [1.165, 1.54) is 64.2 Å². The minimum absolute atomic E-state index is 0.0736. The van der Waals surface area contributed by atoms with Gasteiger partial charge in [0.1, 0.15) is 9.03 Å². The molecular formula is C23H46NO6P. The Labute approximate surface area is 190 Å². The van der Waals surface area contributed by atoms with Gasteiger partial charge in [0.2, 0.25) is 5.91 Å². The fourth-order valence-electron chi connectivity index (χ4n) is 4.17. The maximum Gasteiger partial charge on any atom is 0.303 e. The minimum atomic E-state index is -0.917. The molecule has 7 nitrogen and oxygen atoms in total. The lowest BCUT2D eigenvalue weighted by molar-refractivity contribution is -0.137. The van der Waals surface area contributed by atoms with Crippen LogP contribution in [0.15, 0.2) is 0 Å². The van der Waals surface area contributed by atoms with Gasteiger partial charge in [-0.1, -0.05) is 77.0 Å². The lowest BCUT2D eigenvalue weighted by Crippen LogP contribution is -2.37. The van der Waals surface area contributed by atoms with Crippen LogP contribution in [0.3, 0.4) is 0 Å². The number of carbonyl (C=O) groups is 2. The molecule has 0 aromatic heterocycles. The summed E-state index contributed by atoms with van der Waals surface area (Å²) in [5, 5.41) is 17.9. The van der Waals surface area contributed by atoms with E-state index in [0.29, 0.717) is 12.8 Å². The van der Waals surface area contributed by atoms with Gasteiger partial charge >= 0.3 is 5.97 Å². The lowest BCUT2D eigenvalue weighted by Gasteiger charge is -2.22. The number of hydrogen-bond donors (Lipinski definition) is 4. The second-order valence-corrected chi connectivity index (χ2v) is 8.71. The Morgan fingerprint density at radius 3 is 1.52 bits per heavy atom. The fraction of sp³-hybridized carbons (Fsp3) is 0.913. The quantitative estimate of drug-likeness (QED) is 0.172. The summed E-state index contributed by atoms with van der Waals surface area (Å²) in [5.74, 6) is -0.440. The van der Waals surface area contributed by atoms with Crippen LogP contribution in [-0.4, -0.2) is 56.0 Å². The van der Waals surface area contributed by atoms with Crippen LogP contribution < -0.4 is 0 Å². The maximum atomic E-state index is 12.2. The normalized spacial score (nSPS) is 15.6. The second kappa shape index (κ2) is 22.4. The molecule has 0 saturated carbocycles. The number of rotatable bonds is 18. The Hall–Kier alpha value is -0.750. The van der Waals surface area contributed by atoms with Gasteiger partial charge in [-0.05, 0) is 25.7 Å². The topological polar surface area (TPSA) is 118 Å². The molecule has 0 aliphatic carbocycles. The van der Waals surface area contributed by atoms with Gasteiger partial charge in [0, 0.05) is 19.4 Å². The van der Waals surface area contributed by atoms with E-state index in [2.05, 4.69) is 0 Å². The van der Waals surface area contributed by atoms with Crippen LogP contribution in [-0.2, 0) is 9.59 Å². The van der Waals surface area contributed by atoms with E-state index in [1.54, 1.807) is 0 Å². The van der Waals surface area contributed by atoms with Gasteiger partial charge in [-0.2, -0.15) is 0 Å². The van der Waals surface area contributed by atoms with E-state index >= 15 is 0 Å². The minimum Gasteiger partial charge on any atom is -0.481 e. The highest BCUT2D eigenvalue weighted by atomic mass is 31.1. The van der Waals surface area contributed by atoms with Gasteiger partial charge in [-0.15, -0.1) is 0 Å². The molecule has 0 radical (unpaired) electrons. The molecule has 1 aliphatic heterocycles. The molecule has 8 heteroatoms. The summed E-state index contributed by atoms with van der Waals surface area (Å²) in [4.78, 5) is 38.8. The smallest absolute Gasteiger partial charge is 0.303 e. The maximum absolute atomic E-state index is 12.2. The molecule has 1 saturated heterocycles. The number of carbonyl (C=O) groups excluding carboxylic acids is 1. The van der Waals surface area contributed by atoms with Crippen molar-refractivity contribution < 1.29 is 29.6 Å². The van der Waals surface area contributed by atoms with Crippen LogP contribution in [0.5, 0.6) is 0 Å². The van der Waals surface area contributed by atoms with Crippen LogP contribution in [0.1, 0.15) is 116 Å². The second-order valence-electron chi connectivity index (χ2n) is 8.51. The molecule has 1 aliphatic rings. The first-order valence-corrected chi connectivity index (χ1v) is 13.1. The number of aliphatic carboxylic acids is 1. The summed E-state index contributed by atoms with van der Waals surface area (Å²) >= 11 is 0. The standard InChI is InChI=1S/C23H43NO4.H3O2P/c25-20-21-16-15-19-24(21)22(26)17-13-11-9-7-5-3-1-2-4-6-8-10-12-14-18-23(27)28;1-3-2/h21,25H,1-20H2,(H,27,28);1-3H. The van der Waals surface area contributed by atoms with E-state index in [4.69, 9.17) is 14.9 Å². The molecule has 0 aromatic rings. The molecule has 0 aromatic carbocycles. The molecule has 1 fully saturated rings. The molecule has 31 heavy (non-hydrogen) atoms. The van der Waals surface area contributed by atoms with Crippen LogP contribution >= 0.6 is 9.03 Å². The Bertz CT molecular complexity index is 438. The van der Waals surface area contributed by atoms with Gasteiger partial charge in [-0.3, -0.25) is 9.59 Å². The third kappa shape index (κ3) is 18.5. The zero-order chi connectivity index (χ0) is 23.2. The Morgan fingerprint density at radius 2 is 1.13 bits per heavy atom. The largest absolute Gasteiger partial charge is 0.481 e. The Morgan fingerprint density at radius 1 is 0.742 bits per heavy atom. The van der Waals surface area contributed by atoms with Gasteiger partial charge in [0.05, 0.1) is 12.6 Å². The van der Waals surface area contributed by atoms with Crippen molar-refractivity contribution in [3.8, 4) is 0 Å². The first kappa shape index (κ1) is 30.2. The fourth-order valence-corrected chi connectivity index (χ4v) is 4.17. The highest BCUT2D eigenvalue weighted by Gasteiger charge is 2.27. The molecule has 0 spiro atoms. The average Bonchev–Trinajstić information content (AvgIpc) is 3.22. The van der Waals surface area contributed by atoms with Gasteiger partial charge < -0.3 is 24.9 Å². The van der Waals surface area contributed by atoms with Crippen molar-refractivity contribution in [2.75, 3.05) is 13.2 Å². The number of hydrogen-bond acceptors (Lipinski definition) is 5. The van der Waals surface area contributed by atoms with E-state index in [1.807, 2.05) is 4.90 Å². The van der Waals surface area contributed by atoms with E-state index in [-0.39, 0.29) is 18.6 Å². The highest BCUT2D eigenvalue weighted by Crippen LogP contribution is 2.19. The number of carboxylic acid groups (broad SMARTS) is 1. The highest BCUT2D eigenvalue weighted by molar-refractivity contribution is 7.23. The number of amides is 1. The first-order chi connectivity index (χ1) is 15.1. The van der Waals surface area contributed by atoms with Crippen LogP contribution in [0.2, 0.25) is 0 Å². The van der Waals surface area contributed by atoms with Crippen molar-refractivity contribution in [2.45, 2.75) is 122 Å². The molecule has 1 unspecified atom stereocenters. The molecule has 0 bridgehead atoms. The van der Waals surface area contributed by atoms with Crippen molar-refractivity contribution in [3.63, 3.8) is 0 Å². The van der Waals surface area contributed by atoms with Crippen LogP contribution in [0.25, 0.3) is 0 Å². The predicted octanol–water partition coefficient (Wildman–Crippen LogP) is 4.78. The van der Waals surface area contributed by atoms with Gasteiger partial charge in [0.15, 0.2) is 0 Å². The van der Waals surface area contributed by atoms with E-state index in [9.17, 15) is 14.7 Å². The zero-order valence-electron chi connectivity index (χ0n) is 19.3. The number of aliphatic hydroxyl groups excluding tert-OH is 1. The summed E-state index contributed by atoms with van der Waals surface area (Å²) in [6.45, 7) is 0.938. The van der Waals surface area contributed by atoms with Crippen LogP contribution in [0, 0.1) is 0 Å². The molecule has 1 heterocycles. The molecule has 1 rings (SSSR count). The van der Waals surface area contributed by atoms with Gasteiger partial charge in [0.25, 0.3) is 0 Å². The summed E-state index contributed by atoms with van der Waals surface area (Å²) in [6, 6.07) is 0.0736. The van der Waals surface area contributed by atoms with Crippen molar-refractivity contribution in [3.05, 3.63) is 0 Å². The summed E-state index contributed by atoms with van der Waals surface area (Å²) in [5.41, 5.74) is 0. The molecule has 184 valence electrons. The molecule has 1 atom stereocenters. The summed E-state index contributed by atoms with van der Waals surface area (Å²) in [7, 11) is -0.917. The number of likely N-dealkylation sites (tertiary alicyclic amines) is 1. The number of aliphatic hydroxyl groups is 1. The summed E-state index contributed by atoms with van der Waals surface area (Å²) in [6.07, 6.45) is 19.8. The first-order valence-electron chi connectivity index (χ1n) is 12.2.